The van der Waals surface area contributed by atoms with Gasteiger partial charge >= 0.3 is 0 Å². The van der Waals surface area contributed by atoms with Crippen LogP contribution in [-0.4, -0.2) is 48.0 Å². The van der Waals surface area contributed by atoms with Gasteiger partial charge in [0.15, 0.2) is 5.96 Å². The van der Waals surface area contributed by atoms with Crippen LogP contribution in [0.15, 0.2) is 28.7 Å². The summed E-state index contributed by atoms with van der Waals surface area (Å²) in [7, 11) is 0. The zero-order valence-corrected chi connectivity index (χ0v) is 18.5. The van der Waals surface area contributed by atoms with Crippen molar-refractivity contribution in [3.63, 3.8) is 0 Å². The van der Waals surface area contributed by atoms with E-state index in [9.17, 15) is 4.79 Å². The van der Waals surface area contributed by atoms with Gasteiger partial charge in [0.2, 0.25) is 5.91 Å². The van der Waals surface area contributed by atoms with Crippen molar-refractivity contribution in [1.29, 1.82) is 0 Å². The summed E-state index contributed by atoms with van der Waals surface area (Å²) in [6, 6.07) is 3.97. The highest BCUT2D eigenvalue weighted by molar-refractivity contribution is 7.09. The summed E-state index contributed by atoms with van der Waals surface area (Å²) in [6.07, 6.45) is 4.43. The summed E-state index contributed by atoms with van der Waals surface area (Å²) >= 11 is 1.67. The molecule has 8 nitrogen and oxygen atoms in total. The van der Waals surface area contributed by atoms with Gasteiger partial charge in [-0.05, 0) is 32.8 Å². The molecule has 1 atom stereocenters. The maximum absolute atomic E-state index is 11.6. The molecule has 0 bridgehead atoms. The minimum absolute atomic E-state index is 0.120. The highest BCUT2D eigenvalue weighted by Crippen LogP contribution is 2.24. The highest BCUT2D eigenvalue weighted by Gasteiger charge is 2.25. The predicted molar refractivity (Wildman–Crippen MR) is 122 cm³/mol. The first kappa shape index (κ1) is 22.0. The molecule has 0 spiro atoms. The lowest BCUT2D eigenvalue weighted by Crippen LogP contribution is -2.42. The van der Waals surface area contributed by atoms with E-state index in [4.69, 9.17) is 10.7 Å². The number of piperidine rings is 1. The second-order valence-electron chi connectivity index (χ2n) is 7.40. The molecule has 1 fully saturated rings. The van der Waals surface area contributed by atoms with E-state index in [1.165, 1.54) is 0 Å². The van der Waals surface area contributed by atoms with E-state index in [0.717, 1.165) is 66.9 Å². The van der Waals surface area contributed by atoms with E-state index >= 15 is 0 Å². The number of aliphatic imine (C=N–C) groups is 1. The Hall–Kier alpha value is -2.68. The number of anilines is 1. The number of carbonyl (C=O) groups is 1. The molecule has 1 aliphatic heterocycles. The van der Waals surface area contributed by atoms with Gasteiger partial charge in [0.05, 0.1) is 23.2 Å². The quantitative estimate of drug-likeness (QED) is 0.436. The molecule has 0 aliphatic carbocycles. The van der Waals surface area contributed by atoms with Crippen LogP contribution in [0.5, 0.6) is 0 Å². The van der Waals surface area contributed by atoms with Gasteiger partial charge in [-0.1, -0.05) is 6.07 Å². The first-order valence-corrected chi connectivity index (χ1v) is 11.4. The third-order valence-electron chi connectivity index (χ3n) is 5.08. The second-order valence-corrected chi connectivity index (χ2v) is 8.47. The number of hydrogen-bond donors (Lipinski definition) is 3. The number of amides is 1. The Morgan fingerprint density at radius 3 is 3.03 bits per heavy atom. The molecule has 2 aromatic rings. The highest BCUT2D eigenvalue weighted by atomic mass is 32.1. The molecule has 4 N–H and O–H groups in total. The average molecular weight is 430 g/mol. The van der Waals surface area contributed by atoms with Crippen LogP contribution in [0.25, 0.3) is 0 Å². The Bertz CT molecular complexity index is 867. The maximum atomic E-state index is 11.6. The molecule has 0 radical (unpaired) electrons. The fourth-order valence-corrected chi connectivity index (χ4v) is 4.23. The SMILES string of the molecule is CCNC(=NCc1cccnc1N1CCCC(C(N)=O)C1)NCCc1csc(C)n1. The van der Waals surface area contributed by atoms with E-state index < -0.39 is 0 Å². The first-order valence-electron chi connectivity index (χ1n) is 10.5. The molecule has 1 saturated heterocycles. The van der Waals surface area contributed by atoms with E-state index in [2.05, 4.69) is 30.9 Å². The Morgan fingerprint density at radius 1 is 1.43 bits per heavy atom. The Morgan fingerprint density at radius 2 is 2.30 bits per heavy atom. The van der Waals surface area contributed by atoms with Crippen molar-refractivity contribution in [2.24, 2.45) is 16.6 Å². The average Bonchev–Trinajstić information content (AvgIpc) is 3.17. The zero-order valence-electron chi connectivity index (χ0n) is 17.7. The number of nitrogens with zero attached hydrogens (tertiary/aromatic N) is 4. The molecular formula is C21H31N7OS. The Labute approximate surface area is 182 Å². The van der Waals surface area contributed by atoms with Gasteiger partial charge in [-0.25, -0.2) is 15.0 Å². The number of guanidine groups is 1. The van der Waals surface area contributed by atoms with E-state index in [1.807, 2.05) is 26.0 Å². The largest absolute Gasteiger partial charge is 0.369 e. The number of carbonyl (C=O) groups excluding carboxylic acids is 1. The smallest absolute Gasteiger partial charge is 0.222 e. The summed E-state index contributed by atoms with van der Waals surface area (Å²) < 4.78 is 0. The van der Waals surface area contributed by atoms with Gasteiger partial charge in [0.25, 0.3) is 0 Å². The molecule has 2 aromatic heterocycles. The van der Waals surface area contributed by atoms with Crippen molar-refractivity contribution in [1.82, 2.24) is 20.6 Å². The van der Waals surface area contributed by atoms with Crippen LogP contribution in [0.3, 0.4) is 0 Å². The van der Waals surface area contributed by atoms with Crippen LogP contribution in [0, 0.1) is 12.8 Å². The van der Waals surface area contributed by atoms with Gasteiger partial charge in [0.1, 0.15) is 5.82 Å². The fourth-order valence-electron chi connectivity index (χ4n) is 3.58. The van der Waals surface area contributed by atoms with Crippen LogP contribution in [0.4, 0.5) is 5.82 Å². The standard InChI is InChI=1S/C21H31N7OS/c1-3-23-21(25-10-8-18-14-30-15(2)27-18)26-12-16-6-4-9-24-20(16)28-11-5-7-17(13-28)19(22)29/h4,6,9,14,17H,3,5,7-8,10-13H2,1-2H3,(H2,22,29)(H2,23,25,26). The lowest BCUT2D eigenvalue weighted by atomic mass is 9.97. The van der Waals surface area contributed by atoms with Crippen LogP contribution in [0.1, 0.15) is 36.0 Å². The van der Waals surface area contributed by atoms with Gasteiger partial charge in [-0.2, -0.15) is 0 Å². The van der Waals surface area contributed by atoms with Gasteiger partial charge in [-0.3, -0.25) is 4.79 Å². The summed E-state index contributed by atoms with van der Waals surface area (Å²) in [5.74, 6) is 1.31. The number of nitrogens with two attached hydrogens (primary N) is 1. The van der Waals surface area contributed by atoms with Crippen LogP contribution in [0.2, 0.25) is 0 Å². The van der Waals surface area contributed by atoms with Crippen molar-refractivity contribution < 1.29 is 4.79 Å². The van der Waals surface area contributed by atoms with Gasteiger partial charge < -0.3 is 21.3 Å². The summed E-state index contributed by atoms with van der Waals surface area (Å²) in [5, 5.41) is 9.86. The molecular weight excluding hydrogens is 398 g/mol. The van der Waals surface area contributed by atoms with Crippen molar-refractivity contribution in [3.05, 3.63) is 40.0 Å². The molecule has 30 heavy (non-hydrogen) atoms. The van der Waals surface area contributed by atoms with E-state index in [1.54, 1.807) is 17.5 Å². The van der Waals surface area contributed by atoms with E-state index in [0.29, 0.717) is 13.1 Å². The lowest BCUT2D eigenvalue weighted by Gasteiger charge is -2.33. The van der Waals surface area contributed by atoms with Crippen LogP contribution in [-0.2, 0) is 17.8 Å². The first-order chi connectivity index (χ1) is 14.6. The topological polar surface area (TPSA) is 109 Å². The Balaban J connectivity index is 1.64. The number of pyridine rings is 1. The minimum atomic E-state index is -0.232. The second kappa shape index (κ2) is 10.9. The van der Waals surface area contributed by atoms with Crippen molar-refractivity contribution in [2.75, 3.05) is 31.1 Å². The predicted octanol–water partition coefficient (Wildman–Crippen LogP) is 1.85. The number of aryl methyl sites for hydroxylation is 1. The van der Waals surface area contributed by atoms with Crippen molar-refractivity contribution in [2.45, 2.75) is 39.7 Å². The summed E-state index contributed by atoms with van der Waals surface area (Å²) in [5.41, 5.74) is 7.68. The van der Waals surface area contributed by atoms with Gasteiger partial charge in [-0.15, -0.1) is 11.3 Å². The number of primary amides is 1. The molecule has 162 valence electrons. The number of rotatable bonds is 8. The minimum Gasteiger partial charge on any atom is -0.369 e. The van der Waals surface area contributed by atoms with Crippen molar-refractivity contribution >= 4 is 29.0 Å². The fraction of sp³-hybridized carbons (Fsp3) is 0.524. The lowest BCUT2D eigenvalue weighted by molar-refractivity contribution is -0.122. The maximum Gasteiger partial charge on any atom is 0.222 e. The number of hydrogen-bond acceptors (Lipinski definition) is 6. The van der Waals surface area contributed by atoms with Crippen LogP contribution < -0.4 is 21.3 Å². The normalized spacial score (nSPS) is 17.1. The number of aromatic nitrogens is 2. The van der Waals surface area contributed by atoms with E-state index in [-0.39, 0.29) is 11.8 Å². The third-order valence-corrected chi connectivity index (χ3v) is 5.91. The molecule has 9 heteroatoms. The van der Waals surface area contributed by atoms with Crippen molar-refractivity contribution in [3.8, 4) is 0 Å². The molecule has 1 aliphatic rings. The molecule has 3 rings (SSSR count). The molecule has 1 amide bonds. The molecule has 0 aromatic carbocycles. The molecule has 3 heterocycles. The summed E-state index contributed by atoms with van der Waals surface area (Å²) in [6.45, 7) is 7.62. The Kier molecular flexibility index (Phi) is 8.01. The summed E-state index contributed by atoms with van der Waals surface area (Å²) in [4.78, 5) is 27.6. The number of nitrogens with one attached hydrogen (secondary N) is 2. The third kappa shape index (κ3) is 6.16. The van der Waals surface area contributed by atoms with Gasteiger partial charge in [0, 0.05) is 49.7 Å². The molecule has 1 unspecified atom stereocenters. The number of thiazole rings is 1. The zero-order chi connectivity index (χ0) is 21.3. The van der Waals surface area contributed by atoms with Crippen LogP contribution >= 0.6 is 11.3 Å². The molecule has 0 saturated carbocycles. The monoisotopic (exact) mass is 429 g/mol.